The number of nitrogens with zero attached hydrogens (tertiary/aromatic N) is 2. The molecule has 0 aromatic heterocycles. The monoisotopic (exact) mass is 1220 g/mol. The Morgan fingerprint density at radius 2 is 1.37 bits per heavy atom. The van der Waals surface area contributed by atoms with Gasteiger partial charge >= 0.3 is 94.6 Å². The average molecular weight is 1220 g/mol. The van der Waals surface area contributed by atoms with Gasteiger partial charge in [-0.15, -0.1) is 0 Å². The first kappa shape index (κ1) is 71.3. The van der Waals surface area contributed by atoms with Crippen molar-refractivity contribution in [1.82, 2.24) is 5.32 Å². The fourth-order valence-electron chi connectivity index (χ4n) is 10.5. The number of ether oxygens (including phenoxy) is 2. The molecule has 420 valence electrons. The van der Waals surface area contributed by atoms with E-state index in [0.29, 0.717) is 90.0 Å². The molecule has 0 fully saturated rings. The summed E-state index contributed by atoms with van der Waals surface area (Å²) in [5.74, 6) is -1.52. The number of allylic oxidation sites excluding steroid dienone is 4. The molecule has 0 saturated heterocycles. The molecule has 0 radical (unpaired) electrons. The summed E-state index contributed by atoms with van der Waals surface area (Å²) in [6.45, 7) is 6.96. The molecule has 0 bridgehead atoms. The number of carbonyl (C=O) groups is 3. The standard InChI is InChI=1S/C58H66N3O14PS3.3Na/c1-57(2)48-39-45(78(68,69)70)27-30-50(48)61(35-36-74-4)53(57)24-15-25-54-58(3,32-17-37-77(65,66)67)49-40-46(79(71,72)73)28-31-51(49)60(54)34-14-8-9-18-42(62)19-16-33-59-55(63)41-26-29-47(56(64)75-5)52(38-41)76(43-20-10-6-11-21-43)44-22-12-7-13-23-44;;;/h6-7,10-13,15,20-31,38-40H,8-9,14,16-19,32-37H2,1-5H3,(H3-,59,63,65,66,67,68,69,70,71,72,73);;;/q;3*+1/p-1. The first-order valence-electron chi connectivity index (χ1n) is 25.8. The van der Waals surface area contributed by atoms with Gasteiger partial charge in [0.2, 0.25) is 5.69 Å². The Bertz CT molecular complexity index is 3510. The first-order valence-corrected chi connectivity index (χ1v) is 31.5. The molecule has 5 aromatic rings. The van der Waals surface area contributed by atoms with Crippen LogP contribution < -0.4 is 115 Å². The van der Waals surface area contributed by atoms with E-state index in [-0.39, 0.29) is 137 Å². The summed E-state index contributed by atoms with van der Waals surface area (Å²) >= 11 is 0. The summed E-state index contributed by atoms with van der Waals surface area (Å²) in [5, 5.41) is 5.58. The SMILES string of the molecule is COCC[N+]1=C(/C=C/C=C2/N(CCCCCC(=O)CCCNC(=O)c3ccc(C(=O)OC)c(P(c4ccccc4)c4ccccc4)c3)c3ccc(S(=O)(=O)[O-])cc3C2(C)CCCS(=O)(=O)[O-])C(C)(C)c2cc(S(=O)(=O)O)ccc21.[Na+].[Na+].[Na+]. The fourth-order valence-corrected chi connectivity index (χ4v) is 14.4. The molecule has 82 heavy (non-hydrogen) atoms. The first-order chi connectivity index (χ1) is 37.4. The number of anilines is 1. The van der Waals surface area contributed by atoms with Crippen LogP contribution in [0.2, 0.25) is 0 Å². The van der Waals surface area contributed by atoms with Crippen molar-refractivity contribution < 1.29 is 156 Å². The fraction of sp³-hybridized carbons (Fsp3) is 0.345. The molecule has 7 rings (SSSR count). The second kappa shape index (κ2) is 30.9. The van der Waals surface area contributed by atoms with E-state index in [0.717, 1.165) is 16.3 Å². The molecule has 5 aromatic carbocycles. The molecule has 2 aliphatic rings. The summed E-state index contributed by atoms with van der Waals surface area (Å²) in [6, 6.07) is 33.0. The predicted octanol–water partition coefficient (Wildman–Crippen LogP) is -1.70. The number of rotatable bonds is 26. The Balaban J connectivity index is 0.00000482. The van der Waals surface area contributed by atoms with Gasteiger partial charge in [-0.05, 0) is 132 Å². The molecule has 0 aliphatic carbocycles. The van der Waals surface area contributed by atoms with Crippen LogP contribution in [0.3, 0.4) is 0 Å². The molecule has 1 atom stereocenters. The number of amides is 1. The van der Waals surface area contributed by atoms with Crippen molar-refractivity contribution in [3.63, 3.8) is 0 Å². The molecule has 1 amide bonds. The maximum absolute atomic E-state index is 13.6. The van der Waals surface area contributed by atoms with Gasteiger partial charge < -0.3 is 28.8 Å². The summed E-state index contributed by atoms with van der Waals surface area (Å²) in [5.41, 5.74) is 2.63. The number of hydrogen-bond acceptors (Lipinski definition) is 14. The topological polar surface area (TPSA) is 257 Å². The van der Waals surface area contributed by atoms with Crippen molar-refractivity contribution in [2.24, 2.45) is 0 Å². The van der Waals surface area contributed by atoms with Crippen LogP contribution in [0.4, 0.5) is 11.4 Å². The van der Waals surface area contributed by atoms with Crippen molar-refractivity contribution in [2.75, 3.05) is 51.1 Å². The van der Waals surface area contributed by atoms with Gasteiger partial charge in [-0.3, -0.25) is 14.1 Å². The van der Waals surface area contributed by atoms with Crippen LogP contribution in [-0.2, 0) is 55.5 Å². The van der Waals surface area contributed by atoms with Crippen LogP contribution >= 0.6 is 7.92 Å². The summed E-state index contributed by atoms with van der Waals surface area (Å²) in [4.78, 5) is 41.1. The van der Waals surface area contributed by atoms with Crippen molar-refractivity contribution in [3.8, 4) is 0 Å². The molecule has 2 heterocycles. The van der Waals surface area contributed by atoms with Crippen LogP contribution in [0, 0.1) is 0 Å². The second-order valence-corrected chi connectivity index (χ2v) is 26.7. The minimum Gasteiger partial charge on any atom is -0.748 e. The van der Waals surface area contributed by atoms with Gasteiger partial charge in [0, 0.05) is 84.2 Å². The van der Waals surface area contributed by atoms with Crippen molar-refractivity contribution >= 4 is 88.9 Å². The van der Waals surface area contributed by atoms with E-state index in [1.165, 1.54) is 31.4 Å². The molecule has 0 saturated carbocycles. The van der Waals surface area contributed by atoms with Gasteiger partial charge in [-0.1, -0.05) is 73.2 Å². The minimum atomic E-state index is -4.92. The van der Waals surface area contributed by atoms with E-state index < -0.39 is 65.7 Å². The molecule has 24 heteroatoms. The predicted molar refractivity (Wildman–Crippen MR) is 303 cm³/mol. The van der Waals surface area contributed by atoms with Crippen LogP contribution in [0.25, 0.3) is 0 Å². The van der Waals surface area contributed by atoms with Crippen molar-refractivity contribution in [2.45, 2.75) is 92.8 Å². The zero-order valence-corrected chi connectivity index (χ0v) is 57.1. The number of methoxy groups -OCH3 is 2. The number of nitrogens with one attached hydrogen (secondary N) is 1. The molecule has 2 N–H and O–H groups in total. The third kappa shape index (κ3) is 17.5. The van der Waals surface area contributed by atoms with Gasteiger partial charge in [0.15, 0.2) is 12.3 Å². The van der Waals surface area contributed by atoms with Crippen LogP contribution in [0.1, 0.15) is 104 Å². The third-order valence-corrected chi connectivity index (χ3v) is 19.4. The quantitative estimate of drug-likeness (QED) is 0.0156. The Labute approximate surface area is 549 Å². The molecule has 2 aliphatic heterocycles. The van der Waals surface area contributed by atoms with E-state index in [1.807, 2.05) is 103 Å². The van der Waals surface area contributed by atoms with Gasteiger partial charge in [0.25, 0.3) is 16.0 Å². The Morgan fingerprint density at radius 1 is 0.744 bits per heavy atom. The van der Waals surface area contributed by atoms with Gasteiger partial charge in [-0.25, -0.2) is 21.6 Å². The second-order valence-electron chi connectivity index (χ2n) is 20.1. The summed E-state index contributed by atoms with van der Waals surface area (Å²) < 4.78 is 120. The minimum absolute atomic E-state index is 0. The molecular weight excluding hydrogens is 1160 g/mol. The van der Waals surface area contributed by atoms with Crippen LogP contribution in [0.5, 0.6) is 0 Å². The van der Waals surface area contributed by atoms with Crippen LogP contribution in [0.15, 0.2) is 149 Å². The van der Waals surface area contributed by atoms with E-state index in [4.69, 9.17) is 9.47 Å². The van der Waals surface area contributed by atoms with Gasteiger partial charge in [0.05, 0.1) is 38.0 Å². The molecule has 17 nitrogen and oxygen atoms in total. The van der Waals surface area contributed by atoms with Crippen LogP contribution in [-0.4, -0.2) is 113 Å². The molecule has 1 unspecified atom stereocenters. The third-order valence-electron chi connectivity index (χ3n) is 14.4. The van der Waals surface area contributed by atoms with Gasteiger partial charge in [-0.2, -0.15) is 13.0 Å². The van der Waals surface area contributed by atoms with E-state index in [2.05, 4.69) is 5.32 Å². The summed E-state index contributed by atoms with van der Waals surface area (Å²) in [7, 11) is -12.4. The number of carbonyl (C=O) groups excluding carboxylic acids is 3. The summed E-state index contributed by atoms with van der Waals surface area (Å²) in [6.07, 6.45) is 8.12. The Kier molecular flexibility index (Phi) is 26.9. The van der Waals surface area contributed by atoms with Crippen molar-refractivity contribution in [1.29, 1.82) is 0 Å². The average Bonchev–Trinajstić information content (AvgIpc) is 3.95. The van der Waals surface area contributed by atoms with E-state index in [1.54, 1.807) is 43.5 Å². The number of benzene rings is 5. The molecular formula is C58H65N3Na3O14PS3+2. The van der Waals surface area contributed by atoms with E-state index >= 15 is 0 Å². The Hall–Kier alpha value is -3.22. The zero-order chi connectivity index (χ0) is 57.3. The van der Waals surface area contributed by atoms with Crippen molar-refractivity contribution in [3.05, 3.63) is 161 Å². The number of ketones is 1. The number of Topliss-reactive ketones (excluding diaryl/α,β-unsaturated/α-hetero) is 1. The number of unbranched alkanes of at least 4 members (excludes halogenated alkanes) is 2. The largest absolute Gasteiger partial charge is 1.00 e. The maximum Gasteiger partial charge on any atom is 1.00 e. The number of fused-ring (bicyclic) bond motifs is 2. The molecule has 0 spiro atoms. The number of esters is 1. The normalized spacial score (nSPS) is 16.1. The number of hydrogen-bond donors (Lipinski definition) is 2. The maximum atomic E-state index is 13.6. The smallest absolute Gasteiger partial charge is 0.748 e. The van der Waals surface area contributed by atoms with E-state index in [9.17, 15) is 53.3 Å². The zero-order valence-electron chi connectivity index (χ0n) is 47.7. The Morgan fingerprint density at radius 3 is 1.96 bits per heavy atom. The van der Waals surface area contributed by atoms with Gasteiger partial charge in [0.1, 0.15) is 22.5 Å².